The minimum atomic E-state index is -2.50. The Labute approximate surface area is 240 Å². The Kier molecular flexibility index (Phi) is 7.96. The van der Waals surface area contributed by atoms with E-state index in [1.807, 2.05) is 30.3 Å². The molecule has 0 radical (unpaired) electrons. The van der Waals surface area contributed by atoms with Crippen LogP contribution in [0, 0.1) is 0 Å². The van der Waals surface area contributed by atoms with Crippen molar-refractivity contribution in [3.05, 3.63) is 35.9 Å². The minimum Gasteiger partial charge on any atom is -0.431 e. The highest BCUT2D eigenvalue weighted by Gasteiger charge is 2.76. The molecule has 1 saturated carbocycles. The maximum Gasteiger partial charge on any atom is 0.508 e. The number of nitrogens with zero attached hydrogens (tertiary/aromatic N) is 1. The van der Waals surface area contributed by atoms with Gasteiger partial charge in [-0.3, -0.25) is 9.63 Å². The summed E-state index contributed by atoms with van der Waals surface area (Å²) in [5.74, 6) is -0.193. The third-order valence-corrected chi connectivity index (χ3v) is 15.2. The molecule has 1 amide bonds. The van der Waals surface area contributed by atoms with Crippen LogP contribution in [0.2, 0.25) is 37.8 Å². The van der Waals surface area contributed by atoms with E-state index in [4.69, 9.17) is 23.2 Å². The zero-order valence-corrected chi connectivity index (χ0v) is 27.6. The van der Waals surface area contributed by atoms with Gasteiger partial charge in [-0.15, -0.1) is 0 Å². The standard InChI is InChI=1S/C26H40INO8Si2/c1-24(2,3)38(7,8)36-22-21(35-37(4,5)6)25(19(27)20-26(22,31)16-32-23(30)34-20)14-18(29)28(25)33-15-17-12-10-9-11-13-17/h9-13,19-22,31H,14-16H2,1-8H3/t19-,20-,21-,22+,25-,26+/m1/s1. The van der Waals surface area contributed by atoms with E-state index < -0.39 is 56.2 Å². The van der Waals surface area contributed by atoms with Crippen LogP contribution in [0.5, 0.6) is 0 Å². The molecule has 2 saturated heterocycles. The maximum atomic E-state index is 13.2. The van der Waals surface area contributed by atoms with Crippen molar-refractivity contribution >= 4 is 51.3 Å². The number of carbonyl (C=O) groups is 2. The summed E-state index contributed by atoms with van der Waals surface area (Å²) in [4.78, 5) is 31.7. The Morgan fingerprint density at radius 2 is 1.71 bits per heavy atom. The van der Waals surface area contributed by atoms with Crippen molar-refractivity contribution in [3.8, 4) is 0 Å². The van der Waals surface area contributed by atoms with Crippen molar-refractivity contribution in [3.63, 3.8) is 0 Å². The van der Waals surface area contributed by atoms with Gasteiger partial charge >= 0.3 is 6.16 Å². The van der Waals surface area contributed by atoms with Gasteiger partial charge in [0.2, 0.25) is 5.91 Å². The molecule has 12 heteroatoms. The highest BCUT2D eigenvalue weighted by atomic mass is 127. The molecule has 212 valence electrons. The normalized spacial score (nSPS) is 33.9. The largest absolute Gasteiger partial charge is 0.508 e. The topological polar surface area (TPSA) is 104 Å². The van der Waals surface area contributed by atoms with Crippen LogP contribution >= 0.6 is 22.6 Å². The molecular formula is C26H40INO8Si2. The molecule has 0 unspecified atom stereocenters. The number of fused-ring (bicyclic) bond motifs is 1. The summed E-state index contributed by atoms with van der Waals surface area (Å²) >= 11 is 2.18. The Hall–Kier alpha value is -1.04. The Balaban J connectivity index is 1.82. The van der Waals surface area contributed by atoms with Crippen molar-refractivity contribution in [2.75, 3.05) is 6.61 Å². The molecule has 38 heavy (non-hydrogen) atoms. The van der Waals surface area contributed by atoms with E-state index in [9.17, 15) is 14.7 Å². The number of alkyl halides is 1. The fraction of sp³-hybridized carbons (Fsp3) is 0.692. The van der Waals surface area contributed by atoms with E-state index in [2.05, 4.69) is 76.1 Å². The Morgan fingerprint density at radius 3 is 2.26 bits per heavy atom. The molecule has 9 nitrogen and oxygen atoms in total. The number of hydrogen-bond acceptors (Lipinski definition) is 8. The quantitative estimate of drug-likeness (QED) is 0.145. The first kappa shape index (κ1) is 29.9. The highest BCUT2D eigenvalue weighted by molar-refractivity contribution is 14.1. The summed E-state index contributed by atoms with van der Waals surface area (Å²) in [6.07, 6.45) is -3.38. The summed E-state index contributed by atoms with van der Waals surface area (Å²) in [5, 5.41) is 13.4. The predicted molar refractivity (Wildman–Crippen MR) is 155 cm³/mol. The van der Waals surface area contributed by atoms with Crippen molar-refractivity contribution in [1.82, 2.24) is 5.06 Å². The number of ether oxygens (including phenoxy) is 2. The fourth-order valence-corrected chi connectivity index (χ4v) is 9.06. The number of β-lactam (4-membered cyclic amide) rings is 1. The van der Waals surface area contributed by atoms with Crippen molar-refractivity contribution < 1.29 is 37.9 Å². The van der Waals surface area contributed by atoms with Gasteiger partial charge in [0.1, 0.15) is 31.0 Å². The predicted octanol–water partition coefficient (Wildman–Crippen LogP) is 4.78. The van der Waals surface area contributed by atoms with Crippen molar-refractivity contribution in [2.24, 2.45) is 0 Å². The molecule has 1 N–H and O–H groups in total. The number of benzene rings is 1. The average molecular weight is 678 g/mol. The zero-order chi connectivity index (χ0) is 28.3. The molecule has 1 spiro atoms. The average Bonchev–Trinajstić information content (AvgIpc) is 2.79. The molecule has 6 atom stereocenters. The smallest absolute Gasteiger partial charge is 0.431 e. The molecular weight excluding hydrogens is 637 g/mol. The molecule has 0 bridgehead atoms. The number of cyclic esters (lactones) is 1. The number of carbonyl (C=O) groups excluding carboxylic acids is 2. The highest BCUT2D eigenvalue weighted by Crippen LogP contribution is 2.56. The second-order valence-electron chi connectivity index (χ2n) is 13.0. The van der Waals surface area contributed by atoms with E-state index in [1.54, 1.807) is 0 Å². The molecule has 0 aromatic heterocycles. The monoisotopic (exact) mass is 677 g/mol. The van der Waals surface area contributed by atoms with Gasteiger partial charge in [0.25, 0.3) is 0 Å². The number of hydrogen-bond donors (Lipinski definition) is 1. The number of amides is 1. The van der Waals surface area contributed by atoms with Crippen LogP contribution in [0.25, 0.3) is 0 Å². The Morgan fingerprint density at radius 1 is 1.08 bits per heavy atom. The van der Waals surface area contributed by atoms with Crippen LogP contribution < -0.4 is 0 Å². The van der Waals surface area contributed by atoms with Crippen LogP contribution in [0.4, 0.5) is 4.79 Å². The minimum absolute atomic E-state index is 0.118. The number of aliphatic hydroxyl groups is 1. The molecule has 1 aromatic rings. The van der Waals surface area contributed by atoms with Crippen molar-refractivity contribution in [1.29, 1.82) is 0 Å². The summed E-state index contributed by atoms with van der Waals surface area (Å²) in [6, 6.07) is 9.60. The van der Waals surface area contributed by atoms with Gasteiger partial charge in [0, 0.05) is 0 Å². The van der Waals surface area contributed by atoms with Crippen LogP contribution in [0.15, 0.2) is 30.3 Å². The lowest BCUT2D eigenvalue weighted by molar-refractivity contribution is -0.326. The van der Waals surface area contributed by atoms with Crippen molar-refractivity contribution in [2.45, 2.75) is 105 Å². The number of rotatable bonds is 7. The molecule has 2 heterocycles. The van der Waals surface area contributed by atoms with Crippen LogP contribution in [0.3, 0.4) is 0 Å². The Bertz CT molecular complexity index is 1060. The molecule has 3 aliphatic rings. The first-order chi connectivity index (χ1) is 17.4. The SMILES string of the molecule is CC(C)(C)[Si](C)(C)O[C@H]1[C@@H](O[Si](C)(C)C)[C@@]2(CC(=O)N2OCc2ccccc2)[C@H](I)[C@H]2OC(=O)OC[C@]21O. The van der Waals surface area contributed by atoms with E-state index in [0.717, 1.165) is 5.56 Å². The van der Waals surface area contributed by atoms with Gasteiger partial charge in [-0.05, 0) is 43.3 Å². The van der Waals surface area contributed by atoms with Gasteiger partial charge in [0.05, 0.1) is 10.3 Å². The van der Waals surface area contributed by atoms with E-state index in [0.29, 0.717) is 0 Å². The molecule has 1 aromatic carbocycles. The van der Waals surface area contributed by atoms with E-state index in [1.165, 1.54) is 5.06 Å². The van der Waals surface area contributed by atoms with Gasteiger partial charge in [-0.2, -0.15) is 0 Å². The molecule has 2 aliphatic heterocycles. The first-order valence-corrected chi connectivity index (χ1v) is 20.5. The molecule has 4 rings (SSSR count). The first-order valence-electron chi connectivity index (χ1n) is 13.0. The van der Waals surface area contributed by atoms with E-state index in [-0.39, 0.29) is 30.6 Å². The third kappa shape index (κ3) is 5.21. The van der Waals surface area contributed by atoms with Crippen LogP contribution in [0.1, 0.15) is 32.8 Å². The maximum absolute atomic E-state index is 13.2. The summed E-state index contributed by atoms with van der Waals surface area (Å²) in [5.41, 5.74) is -1.78. The molecule has 1 aliphatic carbocycles. The number of hydroxylamine groups is 2. The van der Waals surface area contributed by atoms with Crippen LogP contribution in [-0.4, -0.2) is 78.9 Å². The number of halogens is 1. The van der Waals surface area contributed by atoms with E-state index >= 15 is 0 Å². The summed E-state index contributed by atoms with van der Waals surface area (Å²) < 4.78 is 24.2. The summed E-state index contributed by atoms with van der Waals surface area (Å²) in [6.45, 7) is 16.7. The third-order valence-electron chi connectivity index (χ3n) is 8.09. The second-order valence-corrected chi connectivity index (χ2v) is 23.6. The van der Waals surface area contributed by atoms with Gasteiger partial charge in [-0.1, -0.05) is 73.7 Å². The van der Waals surface area contributed by atoms with Gasteiger partial charge in [-0.25, -0.2) is 9.86 Å². The van der Waals surface area contributed by atoms with Gasteiger partial charge in [0.15, 0.2) is 28.3 Å². The van der Waals surface area contributed by atoms with Gasteiger partial charge < -0.3 is 23.4 Å². The lowest BCUT2D eigenvalue weighted by atomic mass is 9.63. The lowest BCUT2D eigenvalue weighted by Gasteiger charge is -2.66. The second kappa shape index (κ2) is 10.1. The molecule has 3 fully saturated rings. The summed E-state index contributed by atoms with van der Waals surface area (Å²) in [7, 11) is -4.77. The van der Waals surface area contributed by atoms with Crippen LogP contribution in [-0.2, 0) is 34.6 Å². The lowest BCUT2D eigenvalue weighted by Crippen LogP contribution is -2.87. The fourth-order valence-electron chi connectivity index (χ4n) is 5.06. The zero-order valence-electron chi connectivity index (χ0n) is 23.4.